The van der Waals surface area contributed by atoms with Gasteiger partial charge in [0.2, 0.25) is 15.9 Å². The number of piperazine rings is 1. The lowest BCUT2D eigenvalue weighted by atomic mass is 10.2. The number of nitrogens with two attached hydrogens (primary N) is 1. The lowest BCUT2D eigenvalue weighted by Gasteiger charge is -2.34. The second kappa shape index (κ2) is 5.11. The van der Waals surface area contributed by atoms with Crippen LogP contribution >= 0.6 is 0 Å². The fraction of sp³-hybridized carbons (Fsp3) is 0.889. The Hall–Kier alpha value is -0.660. The van der Waals surface area contributed by atoms with Crippen LogP contribution in [0.25, 0.3) is 0 Å². The lowest BCUT2D eigenvalue weighted by Crippen LogP contribution is -2.53. The number of nitrogens with zero attached hydrogens (tertiary/aromatic N) is 2. The molecule has 94 valence electrons. The molecule has 0 spiro atoms. The van der Waals surface area contributed by atoms with Gasteiger partial charge in [-0.3, -0.25) is 4.79 Å². The van der Waals surface area contributed by atoms with Crippen molar-refractivity contribution in [3.63, 3.8) is 0 Å². The second-order valence-electron chi connectivity index (χ2n) is 4.00. The number of sulfonamides is 1. The Balaban J connectivity index is 2.53. The summed E-state index contributed by atoms with van der Waals surface area (Å²) in [6.45, 7) is 3.44. The average molecular weight is 249 g/mol. The molecule has 0 bridgehead atoms. The maximum absolute atomic E-state index is 11.7. The average Bonchev–Trinajstić information content (AvgIpc) is 2.26. The number of hydrogen-bond donors (Lipinski definition) is 1. The minimum Gasteiger partial charge on any atom is -0.339 e. The molecule has 1 fully saturated rings. The van der Waals surface area contributed by atoms with Crippen molar-refractivity contribution in [1.82, 2.24) is 9.21 Å². The first kappa shape index (κ1) is 13.4. The fourth-order valence-corrected chi connectivity index (χ4v) is 2.48. The van der Waals surface area contributed by atoms with Crippen molar-refractivity contribution in [1.29, 1.82) is 0 Å². The maximum atomic E-state index is 11.7. The quantitative estimate of drug-likeness (QED) is 0.683. The normalized spacial score (nSPS) is 20.8. The lowest BCUT2D eigenvalue weighted by molar-refractivity contribution is -0.133. The van der Waals surface area contributed by atoms with Gasteiger partial charge in [-0.2, -0.15) is 4.31 Å². The first-order chi connectivity index (χ1) is 7.36. The van der Waals surface area contributed by atoms with Gasteiger partial charge in [-0.05, 0) is 6.42 Å². The van der Waals surface area contributed by atoms with Gasteiger partial charge in [-0.15, -0.1) is 0 Å². The zero-order valence-corrected chi connectivity index (χ0v) is 10.5. The molecule has 16 heavy (non-hydrogen) atoms. The molecule has 0 aliphatic carbocycles. The van der Waals surface area contributed by atoms with E-state index in [-0.39, 0.29) is 5.91 Å². The highest BCUT2D eigenvalue weighted by atomic mass is 32.2. The molecule has 0 aromatic rings. The Morgan fingerprint density at radius 1 is 1.31 bits per heavy atom. The molecule has 2 N–H and O–H groups in total. The Kier molecular flexibility index (Phi) is 4.28. The molecule has 0 unspecified atom stereocenters. The standard InChI is InChI=1S/C9H19N3O3S/c1-3-8(10)9(13)11-4-6-12(7-5-11)16(2,14)15/h8H,3-7,10H2,1-2H3/t8-/m1/s1. The summed E-state index contributed by atoms with van der Waals surface area (Å²) < 4.78 is 23.9. The summed E-state index contributed by atoms with van der Waals surface area (Å²) in [5.74, 6) is -0.0874. The van der Waals surface area contributed by atoms with Crippen molar-refractivity contribution in [2.24, 2.45) is 5.73 Å². The van der Waals surface area contributed by atoms with Crippen LogP contribution in [0, 0.1) is 0 Å². The summed E-state index contributed by atoms with van der Waals surface area (Å²) in [5, 5.41) is 0. The fourth-order valence-electron chi connectivity index (χ4n) is 1.65. The zero-order valence-electron chi connectivity index (χ0n) is 9.72. The van der Waals surface area contributed by atoms with Crippen molar-refractivity contribution in [2.45, 2.75) is 19.4 Å². The molecule has 0 aromatic carbocycles. The van der Waals surface area contributed by atoms with Gasteiger partial charge in [-0.1, -0.05) is 6.92 Å². The zero-order chi connectivity index (χ0) is 12.3. The molecule has 1 aliphatic heterocycles. The van der Waals surface area contributed by atoms with Crippen molar-refractivity contribution in [3.05, 3.63) is 0 Å². The predicted molar refractivity (Wildman–Crippen MR) is 61.3 cm³/mol. The Bertz CT molecular complexity index is 347. The van der Waals surface area contributed by atoms with Gasteiger partial charge < -0.3 is 10.6 Å². The van der Waals surface area contributed by atoms with E-state index < -0.39 is 16.1 Å². The van der Waals surface area contributed by atoms with E-state index in [2.05, 4.69) is 0 Å². The van der Waals surface area contributed by atoms with Crippen LogP contribution in [-0.4, -0.2) is 62.0 Å². The molecule has 1 rings (SSSR count). The number of carbonyl (C=O) groups excluding carboxylic acids is 1. The molecule has 0 aromatic heterocycles. The molecule has 1 amide bonds. The molecule has 1 atom stereocenters. The van der Waals surface area contributed by atoms with Crippen LogP contribution in [0.5, 0.6) is 0 Å². The van der Waals surface area contributed by atoms with Gasteiger partial charge in [0.05, 0.1) is 12.3 Å². The van der Waals surface area contributed by atoms with Crippen LogP contribution < -0.4 is 5.73 Å². The highest BCUT2D eigenvalue weighted by Gasteiger charge is 2.27. The first-order valence-electron chi connectivity index (χ1n) is 5.35. The number of amides is 1. The van der Waals surface area contributed by atoms with Gasteiger partial charge in [-0.25, -0.2) is 8.42 Å². The smallest absolute Gasteiger partial charge is 0.239 e. The molecule has 7 heteroatoms. The predicted octanol–water partition coefficient (Wildman–Crippen LogP) is -1.17. The molecule has 6 nitrogen and oxygen atoms in total. The minimum absolute atomic E-state index is 0.0874. The minimum atomic E-state index is -3.14. The van der Waals surface area contributed by atoms with Gasteiger partial charge in [0.25, 0.3) is 0 Å². The van der Waals surface area contributed by atoms with Crippen LogP contribution in [0.3, 0.4) is 0 Å². The van der Waals surface area contributed by atoms with E-state index in [1.54, 1.807) is 4.90 Å². The Morgan fingerprint density at radius 2 is 1.81 bits per heavy atom. The summed E-state index contributed by atoms with van der Waals surface area (Å²) >= 11 is 0. The Labute approximate surface area is 96.4 Å². The summed E-state index contributed by atoms with van der Waals surface area (Å²) in [5.41, 5.74) is 5.64. The van der Waals surface area contributed by atoms with Crippen molar-refractivity contribution in [2.75, 3.05) is 32.4 Å². The number of carbonyl (C=O) groups is 1. The van der Waals surface area contributed by atoms with Crippen molar-refractivity contribution in [3.8, 4) is 0 Å². The van der Waals surface area contributed by atoms with Gasteiger partial charge in [0.1, 0.15) is 0 Å². The SMILES string of the molecule is CC[C@@H](N)C(=O)N1CCN(S(C)(=O)=O)CC1. The molecule has 0 radical (unpaired) electrons. The van der Waals surface area contributed by atoms with Crippen LogP contribution in [0.1, 0.15) is 13.3 Å². The van der Waals surface area contributed by atoms with Crippen molar-refractivity contribution >= 4 is 15.9 Å². The van der Waals surface area contributed by atoms with Gasteiger partial charge in [0, 0.05) is 26.2 Å². The molecule has 1 heterocycles. The highest BCUT2D eigenvalue weighted by Crippen LogP contribution is 2.07. The highest BCUT2D eigenvalue weighted by molar-refractivity contribution is 7.88. The summed E-state index contributed by atoms with van der Waals surface area (Å²) in [6, 6.07) is -0.468. The van der Waals surface area contributed by atoms with E-state index in [0.717, 1.165) is 0 Å². The number of rotatable bonds is 3. The second-order valence-corrected chi connectivity index (χ2v) is 5.98. The summed E-state index contributed by atoms with van der Waals surface area (Å²) in [6.07, 6.45) is 1.79. The van der Waals surface area contributed by atoms with E-state index in [0.29, 0.717) is 32.6 Å². The Morgan fingerprint density at radius 3 is 2.19 bits per heavy atom. The van der Waals surface area contributed by atoms with Crippen LogP contribution in [0.2, 0.25) is 0 Å². The van der Waals surface area contributed by atoms with Gasteiger partial charge >= 0.3 is 0 Å². The van der Waals surface area contributed by atoms with E-state index in [4.69, 9.17) is 5.73 Å². The monoisotopic (exact) mass is 249 g/mol. The largest absolute Gasteiger partial charge is 0.339 e. The molecule has 1 aliphatic rings. The molecule has 1 saturated heterocycles. The van der Waals surface area contributed by atoms with Crippen molar-refractivity contribution < 1.29 is 13.2 Å². The summed E-state index contributed by atoms with van der Waals surface area (Å²) in [4.78, 5) is 13.4. The number of hydrogen-bond acceptors (Lipinski definition) is 4. The molecular weight excluding hydrogens is 230 g/mol. The van der Waals surface area contributed by atoms with Crippen LogP contribution in [-0.2, 0) is 14.8 Å². The molecular formula is C9H19N3O3S. The maximum Gasteiger partial charge on any atom is 0.239 e. The third-order valence-electron chi connectivity index (χ3n) is 2.78. The van der Waals surface area contributed by atoms with E-state index in [9.17, 15) is 13.2 Å². The van der Waals surface area contributed by atoms with E-state index in [1.165, 1.54) is 10.6 Å². The summed E-state index contributed by atoms with van der Waals surface area (Å²) in [7, 11) is -3.14. The first-order valence-corrected chi connectivity index (χ1v) is 7.20. The topological polar surface area (TPSA) is 83.7 Å². The third-order valence-corrected chi connectivity index (χ3v) is 4.08. The van der Waals surface area contributed by atoms with Crippen LogP contribution in [0.15, 0.2) is 0 Å². The van der Waals surface area contributed by atoms with Crippen LogP contribution in [0.4, 0.5) is 0 Å². The van der Waals surface area contributed by atoms with E-state index >= 15 is 0 Å². The third kappa shape index (κ3) is 3.16. The van der Waals surface area contributed by atoms with E-state index in [1.807, 2.05) is 6.92 Å². The molecule has 0 saturated carbocycles. The van der Waals surface area contributed by atoms with Gasteiger partial charge in [0.15, 0.2) is 0 Å².